The van der Waals surface area contributed by atoms with E-state index in [0.29, 0.717) is 11.3 Å². The van der Waals surface area contributed by atoms with Crippen molar-refractivity contribution in [2.24, 2.45) is 10.7 Å². The van der Waals surface area contributed by atoms with E-state index in [-0.39, 0.29) is 25.2 Å². The van der Waals surface area contributed by atoms with Crippen LogP contribution in [0.3, 0.4) is 0 Å². The number of nitrogens with zero attached hydrogens (tertiary/aromatic N) is 2. The van der Waals surface area contributed by atoms with Gasteiger partial charge < -0.3 is 10.5 Å². The molecular weight excluding hydrogens is 305 g/mol. The predicted octanol–water partition coefficient (Wildman–Crippen LogP) is 1.74. The second kappa shape index (κ2) is 7.86. The number of ether oxygens (including phenoxy) is 1. The third-order valence-corrected chi connectivity index (χ3v) is 2.19. The van der Waals surface area contributed by atoms with Crippen molar-refractivity contribution in [2.75, 3.05) is 13.2 Å². The summed E-state index contributed by atoms with van der Waals surface area (Å²) in [5.74, 6) is 0.0846. The van der Waals surface area contributed by atoms with Gasteiger partial charge in [-0.3, -0.25) is 0 Å². The van der Waals surface area contributed by atoms with Crippen LogP contribution in [0.15, 0.2) is 35.3 Å². The molecule has 0 aliphatic heterocycles. The number of rotatable bonds is 6. The molecule has 0 aliphatic rings. The minimum Gasteiger partial charge on any atom is -0.492 e. The SMILES string of the molecule is NC(=NCCOc1ccc(C=CC(F)(F)F)cc1)N[N+](=O)[O-]. The maximum absolute atomic E-state index is 12.0. The van der Waals surface area contributed by atoms with Crippen molar-refractivity contribution < 1.29 is 22.9 Å². The maximum Gasteiger partial charge on any atom is 0.409 e. The van der Waals surface area contributed by atoms with E-state index < -0.39 is 11.2 Å². The second-order valence-corrected chi connectivity index (χ2v) is 3.93. The molecule has 0 unspecified atom stereocenters. The van der Waals surface area contributed by atoms with Crippen molar-refractivity contribution in [3.8, 4) is 5.75 Å². The van der Waals surface area contributed by atoms with Crippen LogP contribution in [0.1, 0.15) is 5.56 Å². The van der Waals surface area contributed by atoms with Crippen LogP contribution in [0, 0.1) is 10.1 Å². The van der Waals surface area contributed by atoms with Gasteiger partial charge in [-0.05, 0) is 17.7 Å². The molecule has 0 atom stereocenters. The lowest BCUT2D eigenvalue weighted by Gasteiger charge is -2.05. The van der Waals surface area contributed by atoms with E-state index in [1.165, 1.54) is 24.3 Å². The van der Waals surface area contributed by atoms with Gasteiger partial charge in [0.1, 0.15) is 12.4 Å². The summed E-state index contributed by atoms with van der Waals surface area (Å²) in [6, 6.07) is 5.92. The van der Waals surface area contributed by atoms with Gasteiger partial charge >= 0.3 is 6.18 Å². The van der Waals surface area contributed by atoms with Crippen LogP contribution >= 0.6 is 0 Å². The van der Waals surface area contributed by atoms with Crippen LogP contribution < -0.4 is 15.9 Å². The Labute approximate surface area is 123 Å². The molecule has 1 rings (SSSR count). The summed E-state index contributed by atoms with van der Waals surface area (Å²) in [7, 11) is 0. The molecule has 10 heteroatoms. The lowest BCUT2D eigenvalue weighted by Crippen LogP contribution is -2.36. The minimum atomic E-state index is -4.36. The number of benzene rings is 1. The third kappa shape index (κ3) is 7.72. The fourth-order valence-electron chi connectivity index (χ4n) is 1.32. The Bertz CT molecular complexity index is 556. The molecule has 7 nitrogen and oxygen atoms in total. The summed E-state index contributed by atoms with van der Waals surface area (Å²) in [4.78, 5) is 13.7. The van der Waals surface area contributed by atoms with Gasteiger partial charge in [-0.1, -0.05) is 23.6 Å². The zero-order chi connectivity index (χ0) is 16.6. The molecule has 0 spiro atoms. The van der Waals surface area contributed by atoms with Gasteiger partial charge in [0.15, 0.2) is 5.03 Å². The smallest absolute Gasteiger partial charge is 0.409 e. The predicted molar refractivity (Wildman–Crippen MR) is 73.6 cm³/mol. The summed E-state index contributed by atoms with van der Waals surface area (Å²) in [6.07, 6.45) is -3.27. The number of nitro groups is 1. The number of allylic oxidation sites excluding steroid dienone is 1. The Kier molecular flexibility index (Phi) is 6.17. The lowest BCUT2D eigenvalue weighted by atomic mass is 10.2. The number of aliphatic imine (C=N–C) groups is 1. The summed E-state index contributed by atoms with van der Waals surface area (Å²) in [6.45, 7) is 0.195. The zero-order valence-corrected chi connectivity index (χ0v) is 11.2. The quantitative estimate of drug-likeness (QED) is 0.273. The number of hydrogen-bond donors (Lipinski definition) is 2. The van der Waals surface area contributed by atoms with Crippen LogP contribution in [0.4, 0.5) is 13.2 Å². The molecule has 0 saturated heterocycles. The fourth-order valence-corrected chi connectivity index (χ4v) is 1.32. The number of nitrogens with one attached hydrogen (secondary N) is 1. The van der Waals surface area contributed by atoms with Gasteiger partial charge in [0.25, 0.3) is 5.96 Å². The van der Waals surface area contributed by atoms with Gasteiger partial charge in [0.05, 0.1) is 6.54 Å². The largest absolute Gasteiger partial charge is 0.492 e. The van der Waals surface area contributed by atoms with Crippen molar-refractivity contribution in [2.45, 2.75) is 6.18 Å². The zero-order valence-electron chi connectivity index (χ0n) is 11.2. The summed E-state index contributed by atoms with van der Waals surface area (Å²) in [5.41, 5.74) is 7.23. The molecule has 0 saturated carbocycles. The van der Waals surface area contributed by atoms with Gasteiger partial charge in [-0.25, -0.2) is 15.1 Å². The standard InChI is InChI=1S/C12H13F3N4O3/c13-12(14,15)6-5-9-1-3-10(4-2-9)22-8-7-17-11(16)18-19(20)21/h1-6H,7-8H2,(H3,16,17,18). The van der Waals surface area contributed by atoms with E-state index in [4.69, 9.17) is 10.5 Å². The van der Waals surface area contributed by atoms with Crippen molar-refractivity contribution >= 4 is 12.0 Å². The number of hydrogen-bond acceptors (Lipinski definition) is 4. The van der Waals surface area contributed by atoms with Crippen LogP contribution in [-0.2, 0) is 0 Å². The van der Waals surface area contributed by atoms with Crippen molar-refractivity contribution in [3.05, 3.63) is 46.0 Å². The summed E-state index contributed by atoms with van der Waals surface area (Å²) in [5, 5.41) is 9.20. The lowest BCUT2D eigenvalue weighted by molar-refractivity contribution is -0.525. The van der Waals surface area contributed by atoms with Crippen LogP contribution in [-0.4, -0.2) is 30.3 Å². The average Bonchev–Trinajstić information content (AvgIpc) is 2.41. The molecule has 120 valence electrons. The number of halogens is 3. The Balaban J connectivity index is 2.42. The molecule has 0 heterocycles. The molecule has 1 aromatic carbocycles. The normalized spacial score (nSPS) is 12.4. The number of alkyl halides is 3. The first-order chi connectivity index (χ1) is 10.3. The summed E-state index contributed by atoms with van der Waals surface area (Å²) < 4.78 is 41.2. The fraction of sp³-hybridized carbons (Fsp3) is 0.250. The molecule has 0 aliphatic carbocycles. The van der Waals surface area contributed by atoms with E-state index >= 15 is 0 Å². The molecular formula is C12H13F3N4O3. The van der Waals surface area contributed by atoms with Crippen LogP contribution in [0.25, 0.3) is 6.08 Å². The van der Waals surface area contributed by atoms with Gasteiger partial charge in [0.2, 0.25) is 0 Å². The average molecular weight is 318 g/mol. The Morgan fingerprint density at radius 1 is 1.41 bits per heavy atom. The number of hydrazine groups is 1. The van der Waals surface area contributed by atoms with Gasteiger partial charge in [-0.2, -0.15) is 13.2 Å². The molecule has 0 aromatic heterocycles. The molecule has 0 fully saturated rings. The topological polar surface area (TPSA) is 103 Å². The highest BCUT2D eigenvalue weighted by Crippen LogP contribution is 2.19. The Morgan fingerprint density at radius 3 is 2.59 bits per heavy atom. The highest BCUT2D eigenvalue weighted by molar-refractivity contribution is 5.76. The summed E-state index contributed by atoms with van der Waals surface area (Å²) >= 11 is 0. The molecule has 0 amide bonds. The van der Waals surface area contributed by atoms with E-state index in [1.54, 1.807) is 5.43 Å². The highest BCUT2D eigenvalue weighted by Gasteiger charge is 2.21. The van der Waals surface area contributed by atoms with Crippen molar-refractivity contribution in [1.29, 1.82) is 0 Å². The number of guanidine groups is 1. The van der Waals surface area contributed by atoms with E-state index in [0.717, 1.165) is 6.08 Å². The minimum absolute atomic E-state index is 0.0857. The maximum atomic E-state index is 12.0. The van der Waals surface area contributed by atoms with Gasteiger partial charge in [-0.15, -0.1) is 0 Å². The van der Waals surface area contributed by atoms with E-state index in [9.17, 15) is 23.3 Å². The Hall–Kier alpha value is -2.78. The monoisotopic (exact) mass is 318 g/mol. The Morgan fingerprint density at radius 2 is 2.05 bits per heavy atom. The first kappa shape index (κ1) is 17.3. The first-order valence-corrected chi connectivity index (χ1v) is 5.96. The third-order valence-electron chi connectivity index (χ3n) is 2.19. The first-order valence-electron chi connectivity index (χ1n) is 5.96. The number of nitrogens with two attached hydrogens (primary N) is 1. The second-order valence-electron chi connectivity index (χ2n) is 3.93. The molecule has 1 aromatic rings. The van der Waals surface area contributed by atoms with Crippen molar-refractivity contribution in [3.63, 3.8) is 0 Å². The van der Waals surface area contributed by atoms with Crippen molar-refractivity contribution in [1.82, 2.24) is 5.43 Å². The van der Waals surface area contributed by atoms with Gasteiger partial charge in [0, 0.05) is 6.08 Å². The molecule has 0 bridgehead atoms. The molecule has 0 radical (unpaired) electrons. The van der Waals surface area contributed by atoms with E-state index in [2.05, 4.69) is 4.99 Å². The van der Waals surface area contributed by atoms with Crippen LogP contribution in [0.2, 0.25) is 0 Å². The molecule has 3 N–H and O–H groups in total. The molecule has 22 heavy (non-hydrogen) atoms. The highest BCUT2D eigenvalue weighted by atomic mass is 19.4. The van der Waals surface area contributed by atoms with E-state index in [1.807, 2.05) is 0 Å². The van der Waals surface area contributed by atoms with Crippen LogP contribution in [0.5, 0.6) is 5.75 Å².